The van der Waals surface area contributed by atoms with E-state index in [0.29, 0.717) is 11.6 Å². The van der Waals surface area contributed by atoms with E-state index in [4.69, 9.17) is 22.1 Å². The Kier molecular flexibility index (Phi) is 5.20. The highest BCUT2D eigenvalue weighted by molar-refractivity contribution is 6.31. The van der Waals surface area contributed by atoms with Crippen LogP contribution in [0, 0.1) is 0 Å². The van der Waals surface area contributed by atoms with Crippen LogP contribution in [-0.4, -0.2) is 36.0 Å². The summed E-state index contributed by atoms with van der Waals surface area (Å²) in [6.45, 7) is 2.45. The molecule has 1 fully saturated rings. The predicted molar refractivity (Wildman–Crippen MR) is 79.7 cm³/mol. The number of benzene rings is 1. The molecule has 0 radical (unpaired) electrons. The van der Waals surface area contributed by atoms with Gasteiger partial charge in [-0.2, -0.15) is 0 Å². The summed E-state index contributed by atoms with van der Waals surface area (Å²) in [6.07, 6.45) is 1.67. The smallest absolute Gasteiger partial charge is 0.332 e. The van der Waals surface area contributed by atoms with Crippen LogP contribution in [0.2, 0.25) is 5.02 Å². The van der Waals surface area contributed by atoms with Crippen LogP contribution >= 0.6 is 11.6 Å². The number of amides is 1. The molecular weight excluding hydrogens is 292 g/mol. The van der Waals surface area contributed by atoms with Gasteiger partial charge in [0.15, 0.2) is 6.04 Å². The molecule has 2 unspecified atom stereocenters. The number of nitrogens with zero attached hydrogens (tertiary/aromatic N) is 1. The zero-order chi connectivity index (χ0) is 15.4. The van der Waals surface area contributed by atoms with Gasteiger partial charge in [0.1, 0.15) is 0 Å². The van der Waals surface area contributed by atoms with E-state index in [1.165, 1.54) is 0 Å². The Labute approximate surface area is 129 Å². The molecule has 1 aliphatic heterocycles. The molecular formula is C15H19ClN2O3. The highest BCUT2D eigenvalue weighted by atomic mass is 35.5. The first-order chi connectivity index (χ1) is 10.1. The minimum absolute atomic E-state index is 0.133. The molecule has 1 heterocycles. The van der Waals surface area contributed by atoms with Gasteiger partial charge in [0, 0.05) is 11.6 Å². The van der Waals surface area contributed by atoms with Gasteiger partial charge in [-0.3, -0.25) is 4.79 Å². The van der Waals surface area contributed by atoms with Gasteiger partial charge in [0.05, 0.1) is 12.6 Å². The number of hydrogen-bond acceptors (Lipinski definition) is 4. The molecule has 2 N–H and O–H groups in total. The van der Waals surface area contributed by atoms with Crippen molar-refractivity contribution in [3.05, 3.63) is 34.9 Å². The van der Waals surface area contributed by atoms with Crippen molar-refractivity contribution in [1.29, 1.82) is 0 Å². The van der Waals surface area contributed by atoms with Crippen LogP contribution < -0.4 is 5.73 Å². The van der Waals surface area contributed by atoms with Crippen molar-refractivity contribution >= 4 is 23.5 Å². The second-order valence-electron chi connectivity index (χ2n) is 4.94. The molecule has 0 bridgehead atoms. The van der Waals surface area contributed by atoms with Gasteiger partial charge in [0.25, 0.3) is 5.91 Å². The number of ether oxygens (including phenoxy) is 1. The van der Waals surface area contributed by atoms with E-state index in [9.17, 15) is 9.59 Å². The number of rotatable bonds is 4. The summed E-state index contributed by atoms with van der Waals surface area (Å²) < 4.78 is 4.81. The Hall–Kier alpha value is -1.59. The van der Waals surface area contributed by atoms with Gasteiger partial charge in [-0.15, -0.1) is 0 Å². The third kappa shape index (κ3) is 3.36. The Morgan fingerprint density at radius 3 is 2.86 bits per heavy atom. The van der Waals surface area contributed by atoms with Crippen LogP contribution in [0.5, 0.6) is 0 Å². The molecule has 0 aromatic heterocycles. The van der Waals surface area contributed by atoms with Crippen molar-refractivity contribution < 1.29 is 14.3 Å². The molecule has 0 aliphatic carbocycles. The largest absolute Gasteiger partial charge is 0.464 e. The number of esters is 1. The number of likely N-dealkylation sites (tertiary alicyclic amines) is 1. The fourth-order valence-electron chi connectivity index (χ4n) is 2.61. The van der Waals surface area contributed by atoms with E-state index in [-0.39, 0.29) is 12.6 Å². The Morgan fingerprint density at radius 1 is 1.48 bits per heavy atom. The Balaban J connectivity index is 2.17. The first-order valence-corrected chi connectivity index (χ1v) is 7.41. The molecule has 1 saturated heterocycles. The second kappa shape index (κ2) is 6.91. The van der Waals surface area contributed by atoms with Crippen molar-refractivity contribution in [1.82, 2.24) is 4.90 Å². The average molecular weight is 311 g/mol. The third-order valence-electron chi connectivity index (χ3n) is 3.61. The standard InChI is InChI=1S/C15H19ClN2O3/c1-2-21-15(20)13(17)14(19)18-9-5-8-12(18)10-6-3-4-7-11(10)16/h3-4,6-7,12-13H,2,5,8-9,17H2,1H3. The van der Waals surface area contributed by atoms with E-state index in [0.717, 1.165) is 18.4 Å². The zero-order valence-corrected chi connectivity index (χ0v) is 12.7. The van der Waals surface area contributed by atoms with Crippen LogP contribution in [0.3, 0.4) is 0 Å². The van der Waals surface area contributed by atoms with Crippen molar-refractivity contribution in [2.45, 2.75) is 31.8 Å². The molecule has 1 amide bonds. The van der Waals surface area contributed by atoms with E-state index in [2.05, 4.69) is 0 Å². The van der Waals surface area contributed by atoms with E-state index >= 15 is 0 Å². The predicted octanol–water partition coefficient (Wildman–Crippen LogP) is 1.89. The molecule has 5 nitrogen and oxygen atoms in total. The second-order valence-corrected chi connectivity index (χ2v) is 5.35. The summed E-state index contributed by atoms with van der Waals surface area (Å²) in [5.41, 5.74) is 6.60. The van der Waals surface area contributed by atoms with Gasteiger partial charge >= 0.3 is 5.97 Å². The van der Waals surface area contributed by atoms with Gasteiger partial charge in [-0.05, 0) is 31.4 Å². The van der Waals surface area contributed by atoms with E-state index < -0.39 is 17.9 Å². The molecule has 1 aliphatic rings. The summed E-state index contributed by atoms with van der Waals surface area (Å²) in [7, 11) is 0. The fourth-order valence-corrected chi connectivity index (χ4v) is 2.87. The summed E-state index contributed by atoms with van der Waals surface area (Å²) >= 11 is 6.21. The van der Waals surface area contributed by atoms with E-state index in [1.807, 2.05) is 18.2 Å². The van der Waals surface area contributed by atoms with Gasteiger partial charge in [-0.25, -0.2) is 4.79 Å². The lowest BCUT2D eigenvalue weighted by Gasteiger charge is -2.27. The third-order valence-corrected chi connectivity index (χ3v) is 3.95. The molecule has 1 aromatic carbocycles. The first-order valence-electron chi connectivity index (χ1n) is 7.03. The summed E-state index contributed by atoms with van der Waals surface area (Å²) in [4.78, 5) is 25.7. The van der Waals surface area contributed by atoms with Crippen molar-refractivity contribution in [3.8, 4) is 0 Å². The number of carbonyl (C=O) groups is 2. The number of nitrogens with two attached hydrogens (primary N) is 1. The normalized spacial score (nSPS) is 19.4. The quantitative estimate of drug-likeness (QED) is 0.681. The van der Waals surface area contributed by atoms with Crippen molar-refractivity contribution in [2.75, 3.05) is 13.2 Å². The SMILES string of the molecule is CCOC(=O)C(N)C(=O)N1CCCC1c1ccccc1Cl. The van der Waals surface area contributed by atoms with Crippen LogP contribution in [-0.2, 0) is 14.3 Å². The molecule has 2 rings (SSSR count). The molecule has 2 atom stereocenters. The number of hydrogen-bond donors (Lipinski definition) is 1. The highest BCUT2D eigenvalue weighted by Crippen LogP contribution is 2.35. The minimum atomic E-state index is -1.27. The number of carbonyl (C=O) groups excluding carboxylic acids is 2. The van der Waals surface area contributed by atoms with Crippen molar-refractivity contribution in [2.24, 2.45) is 5.73 Å². The lowest BCUT2D eigenvalue weighted by Crippen LogP contribution is -2.48. The highest BCUT2D eigenvalue weighted by Gasteiger charge is 2.36. The summed E-state index contributed by atoms with van der Waals surface area (Å²) in [6, 6.07) is 6.02. The summed E-state index contributed by atoms with van der Waals surface area (Å²) in [5, 5.41) is 0.618. The van der Waals surface area contributed by atoms with E-state index in [1.54, 1.807) is 17.9 Å². The molecule has 6 heteroatoms. The number of halogens is 1. The Bertz CT molecular complexity index is 535. The lowest BCUT2D eigenvalue weighted by molar-refractivity contribution is -0.151. The average Bonchev–Trinajstić information content (AvgIpc) is 2.95. The minimum Gasteiger partial charge on any atom is -0.464 e. The van der Waals surface area contributed by atoms with Crippen LogP contribution in [0.4, 0.5) is 0 Å². The molecule has 0 saturated carbocycles. The lowest BCUT2D eigenvalue weighted by atomic mass is 10.0. The molecule has 1 aromatic rings. The van der Waals surface area contributed by atoms with Crippen LogP contribution in [0.25, 0.3) is 0 Å². The topological polar surface area (TPSA) is 72.6 Å². The molecule has 114 valence electrons. The Morgan fingerprint density at radius 2 is 2.19 bits per heavy atom. The maximum atomic E-state index is 12.4. The zero-order valence-electron chi connectivity index (χ0n) is 11.9. The van der Waals surface area contributed by atoms with Gasteiger partial charge in [-0.1, -0.05) is 29.8 Å². The molecule has 21 heavy (non-hydrogen) atoms. The van der Waals surface area contributed by atoms with Crippen LogP contribution in [0.1, 0.15) is 31.4 Å². The van der Waals surface area contributed by atoms with Crippen LogP contribution in [0.15, 0.2) is 24.3 Å². The monoisotopic (exact) mass is 310 g/mol. The maximum Gasteiger partial charge on any atom is 0.332 e. The van der Waals surface area contributed by atoms with Crippen molar-refractivity contribution in [3.63, 3.8) is 0 Å². The van der Waals surface area contributed by atoms with Gasteiger partial charge < -0.3 is 15.4 Å². The summed E-state index contributed by atoms with van der Waals surface area (Å²) in [5.74, 6) is -1.09. The first kappa shape index (κ1) is 15.8. The fraction of sp³-hybridized carbons (Fsp3) is 0.467. The maximum absolute atomic E-state index is 12.4. The molecule has 0 spiro atoms. The van der Waals surface area contributed by atoms with Gasteiger partial charge in [0.2, 0.25) is 0 Å².